The van der Waals surface area contributed by atoms with Gasteiger partial charge in [0.15, 0.2) is 0 Å². The smallest absolute Gasteiger partial charge is 0.225 e. The van der Waals surface area contributed by atoms with Crippen LogP contribution in [-0.4, -0.2) is 103 Å². The minimum Gasteiger partial charge on any atom is -0.332 e. The van der Waals surface area contributed by atoms with Crippen LogP contribution in [0.25, 0.3) is 0 Å². The highest BCUT2D eigenvalue weighted by Gasteiger charge is 2.44. The van der Waals surface area contributed by atoms with E-state index in [9.17, 15) is 0 Å². The standard InChI is InChI=1S/C25H44N6/c1-6-11-29-18-25(19-29)9-12-28(13-10-25)15-21(4)14-27-24(26-5)31-22-7-8-23(31)17-30(16-22)20(2)3/h14,20,22-23H,5-13,15-19H2,1-4H3/b21-14+,27-24?. The summed E-state index contributed by atoms with van der Waals surface area (Å²) in [6.45, 7) is 22.6. The second-order valence-electron chi connectivity index (χ2n) is 10.9. The van der Waals surface area contributed by atoms with Crippen LogP contribution in [0.4, 0.5) is 0 Å². The average molecular weight is 429 g/mol. The number of fused-ring (bicyclic) bond motifs is 2. The number of rotatable bonds is 6. The number of likely N-dealkylation sites (tertiary alicyclic amines) is 3. The van der Waals surface area contributed by atoms with Crippen LogP contribution in [0.2, 0.25) is 0 Å². The molecule has 4 rings (SSSR count). The number of piperazine rings is 1. The van der Waals surface area contributed by atoms with Crippen LogP contribution < -0.4 is 0 Å². The van der Waals surface area contributed by atoms with Crippen LogP contribution in [0.1, 0.15) is 59.8 Å². The third-order valence-corrected chi connectivity index (χ3v) is 8.06. The highest BCUT2D eigenvalue weighted by Crippen LogP contribution is 2.40. The molecule has 1 spiro atoms. The van der Waals surface area contributed by atoms with E-state index in [1.807, 2.05) is 0 Å². The predicted octanol–water partition coefficient (Wildman–Crippen LogP) is 3.31. The van der Waals surface area contributed by atoms with E-state index in [1.54, 1.807) is 0 Å². The average Bonchev–Trinajstić information content (AvgIpc) is 2.97. The van der Waals surface area contributed by atoms with Crippen LogP contribution in [-0.2, 0) is 0 Å². The van der Waals surface area contributed by atoms with E-state index in [0.29, 0.717) is 23.5 Å². The molecule has 2 unspecified atom stereocenters. The van der Waals surface area contributed by atoms with Crippen molar-refractivity contribution in [3.8, 4) is 0 Å². The Labute approximate surface area is 190 Å². The summed E-state index contributed by atoms with van der Waals surface area (Å²) in [5.41, 5.74) is 1.95. The lowest BCUT2D eigenvalue weighted by atomic mass is 9.72. The summed E-state index contributed by atoms with van der Waals surface area (Å²) in [7, 11) is 0. The van der Waals surface area contributed by atoms with Gasteiger partial charge >= 0.3 is 0 Å². The molecular weight excluding hydrogens is 384 g/mol. The summed E-state index contributed by atoms with van der Waals surface area (Å²) in [6.07, 6.45) is 8.53. The molecule has 2 bridgehead atoms. The van der Waals surface area contributed by atoms with Crippen molar-refractivity contribution in [1.29, 1.82) is 0 Å². The first-order valence-electron chi connectivity index (χ1n) is 12.6. The van der Waals surface area contributed by atoms with Crippen molar-refractivity contribution >= 4 is 12.7 Å². The fraction of sp³-hybridized carbons (Fsp3) is 0.840. The maximum absolute atomic E-state index is 4.83. The van der Waals surface area contributed by atoms with Gasteiger partial charge in [0.25, 0.3) is 0 Å². The summed E-state index contributed by atoms with van der Waals surface area (Å²) in [6, 6.07) is 1.68. The molecule has 0 aromatic carbocycles. The quantitative estimate of drug-likeness (QED) is 0.481. The van der Waals surface area contributed by atoms with E-state index in [4.69, 9.17) is 4.99 Å². The SMILES string of the molecule is C=NC(=N/C=C(\C)CN1CCC2(CC1)CN(CCC)C2)N1C2CCC1CN(C(C)C)C2. The maximum atomic E-state index is 4.83. The Bertz CT molecular complexity index is 668. The van der Waals surface area contributed by atoms with Gasteiger partial charge in [0, 0.05) is 57.0 Å². The molecule has 0 amide bonds. The van der Waals surface area contributed by atoms with Gasteiger partial charge in [0.1, 0.15) is 0 Å². The Morgan fingerprint density at radius 1 is 1.10 bits per heavy atom. The molecule has 0 radical (unpaired) electrons. The molecule has 0 aromatic rings. The highest BCUT2D eigenvalue weighted by atomic mass is 15.4. The number of piperidine rings is 1. The maximum Gasteiger partial charge on any atom is 0.225 e. The van der Waals surface area contributed by atoms with Gasteiger partial charge < -0.3 is 9.80 Å². The molecule has 4 aliphatic heterocycles. The number of hydrogen-bond donors (Lipinski definition) is 0. The van der Waals surface area contributed by atoms with Crippen molar-refractivity contribution in [3.05, 3.63) is 11.8 Å². The number of guanidine groups is 1. The fourth-order valence-electron chi connectivity index (χ4n) is 6.31. The zero-order valence-electron chi connectivity index (χ0n) is 20.4. The highest BCUT2D eigenvalue weighted by molar-refractivity contribution is 5.85. The van der Waals surface area contributed by atoms with Crippen LogP contribution in [0.15, 0.2) is 21.8 Å². The molecule has 2 atom stereocenters. The molecule has 174 valence electrons. The molecule has 0 aliphatic carbocycles. The zero-order valence-corrected chi connectivity index (χ0v) is 20.4. The summed E-state index contributed by atoms with van der Waals surface area (Å²) >= 11 is 0. The van der Waals surface area contributed by atoms with Gasteiger partial charge in [0.05, 0.1) is 0 Å². The second kappa shape index (κ2) is 9.72. The summed E-state index contributed by atoms with van der Waals surface area (Å²) in [4.78, 5) is 19.5. The van der Waals surface area contributed by atoms with Crippen molar-refractivity contribution in [3.63, 3.8) is 0 Å². The largest absolute Gasteiger partial charge is 0.332 e. The van der Waals surface area contributed by atoms with Crippen molar-refractivity contribution < 1.29 is 0 Å². The van der Waals surface area contributed by atoms with Gasteiger partial charge in [-0.1, -0.05) is 6.92 Å². The van der Waals surface area contributed by atoms with Gasteiger partial charge in [-0.2, -0.15) is 0 Å². The summed E-state index contributed by atoms with van der Waals surface area (Å²) in [5.74, 6) is 0.832. The molecule has 4 fully saturated rings. The molecule has 4 heterocycles. The molecule has 4 aliphatic rings. The second-order valence-corrected chi connectivity index (χ2v) is 10.9. The summed E-state index contributed by atoms with van der Waals surface area (Å²) in [5, 5.41) is 0. The first-order valence-corrected chi connectivity index (χ1v) is 12.6. The Morgan fingerprint density at radius 2 is 1.74 bits per heavy atom. The van der Waals surface area contributed by atoms with Crippen LogP contribution in [0.3, 0.4) is 0 Å². The van der Waals surface area contributed by atoms with Crippen LogP contribution in [0.5, 0.6) is 0 Å². The fourth-order valence-corrected chi connectivity index (χ4v) is 6.31. The minimum absolute atomic E-state index is 0.534. The predicted molar refractivity (Wildman–Crippen MR) is 131 cm³/mol. The molecule has 6 heteroatoms. The van der Waals surface area contributed by atoms with Gasteiger partial charge in [-0.3, -0.25) is 9.80 Å². The molecular formula is C25H44N6. The van der Waals surface area contributed by atoms with E-state index < -0.39 is 0 Å². The zero-order chi connectivity index (χ0) is 22.0. The number of hydrogen-bond acceptors (Lipinski definition) is 4. The molecule has 6 nitrogen and oxygen atoms in total. The molecule has 31 heavy (non-hydrogen) atoms. The Hall–Kier alpha value is -1.24. The topological polar surface area (TPSA) is 37.7 Å². The van der Waals surface area contributed by atoms with Crippen molar-refractivity contribution in [2.45, 2.75) is 77.9 Å². The number of nitrogens with zero attached hydrogens (tertiary/aromatic N) is 6. The van der Waals surface area contributed by atoms with Crippen molar-refractivity contribution in [1.82, 2.24) is 19.6 Å². The van der Waals surface area contributed by atoms with E-state index in [-0.39, 0.29) is 0 Å². The molecule has 0 N–H and O–H groups in total. The summed E-state index contributed by atoms with van der Waals surface area (Å²) < 4.78 is 0. The third kappa shape index (κ3) is 5.07. The Balaban J connectivity index is 1.29. The molecule has 0 saturated carbocycles. The third-order valence-electron chi connectivity index (χ3n) is 8.06. The Morgan fingerprint density at radius 3 is 2.29 bits per heavy atom. The van der Waals surface area contributed by atoms with Crippen LogP contribution >= 0.6 is 0 Å². The lowest BCUT2D eigenvalue weighted by Gasteiger charge is -2.54. The van der Waals surface area contributed by atoms with E-state index in [1.165, 1.54) is 70.4 Å². The lowest BCUT2D eigenvalue weighted by Crippen LogP contribution is -2.60. The van der Waals surface area contributed by atoms with Gasteiger partial charge in [-0.05, 0) is 90.2 Å². The van der Waals surface area contributed by atoms with Crippen LogP contribution in [0, 0.1) is 5.41 Å². The van der Waals surface area contributed by atoms with Gasteiger partial charge in [-0.15, -0.1) is 0 Å². The van der Waals surface area contributed by atoms with E-state index in [2.05, 4.69) is 65.2 Å². The lowest BCUT2D eigenvalue weighted by molar-refractivity contribution is -0.0445. The Kier molecular flexibility index (Phi) is 7.19. The molecule has 4 saturated heterocycles. The van der Waals surface area contributed by atoms with Crippen molar-refractivity contribution in [2.75, 3.05) is 52.4 Å². The van der Waals surface area contributed by atoms with Gasteiger partial charge in [-0.25, -0.2) is 9.98 Å². The van der Waals surface area contributed by atoms with E-state index >= 15 is 0 Å². The monoisotopic (exact) mass is 428 g/mol. The first kappa shape index (κ1) is 22.9. The van der Waals surface area contributed by atoms with E-state index in [0.717, 1.165) is 25.6 Å². The normalized spacial score (nSPS) is 30.3. The van der Waals surface area contributed by atoms with Gasteiger partial charge in [0.2, 0.25) is 5.96 Å². The first-order chi connectivity index (χ1) is 14.9. The number of aliphatic imine (C=N–C) groups is 2. The van der Waals surface area contributed by atoms with Crippen molar-refractivity contribution in [2.24, 2.45) is 15.4 Å². The molecule has 0 aromatic heterocycles. The minimum atomic E-state index is 0.534.